The van der Waals surface area contributed by atoms with Crippen molar-refractivity contribution in [3.63, 3.8) is 0 Å². The van der Waals surface area contributed by atoms with E-state index in [2.05, 4.69) is 35.4 Å². The Bertz CT molecular complexity index is 1320. The molecule has 8 heteroatoms. The zero-order valence-electron chi connectivity index (χ0n) is 18.2. The molecule has 162 valence electrons. The Balaban J connectivity index is 1.84. The van der Waals surface area contributed by atoms with Crippen LogP contribution in [0.4, 0.5) is 0 Å². The maximum absolute atomic E-state index is 13.9. The molecule has 4 aromatic rings. The average Bonchev–Trinajstić information content (AvgIpc) is 3.34. The predicted octanol–water partition coefficient (Wildman–Crippen LogP) is 5.00. The van der Waals surface area contributed by atoms with E-state index in [0.717, 1.165) is 55.7 Å². The molecule has 0 N–H and O–H groups in total. The van der Waals surface area contributed by atoms with E-state index in [-0.39, 0.29) is 11.7 Å². The smallest absolute Gasteiger partial charge is 0.268 e. The van der Waals surface area contributed by atoms with Crippen LogP contribution in [-0.4, -0.2) is 31.0 Å². The Morgan fingerprint density at radius 2 is 2.03 bits per heavy atom. The van der Waals surface area contributed by atoms with Crippen LogP contribution in [0.2, 0.25) is 0 Å². The van der Waals surface area contributed by atoms with Gasteiger partial charge in [-0.1, -0.05) is 50.2 Å². The third kappa shape index (κ3) is 3.41. The van der Waals surface area contributed by atoms with Gasteiger partial charge in [-0.25, -0.2) is 8.97 Å². The normalized spacial score (nSPS) is 16.5. The van der Waals surface area contributed by atoms with Crippen LogP contribution >= 0.6 is 23.1 Å². The predicted molar refractivity (Wildman–Crippen MR) is 127 cm³/mol. The molecule has 4 heterocycles. The summed E-state index contributed by atoms with van der Waals surface area (Å²) in [6.07, 6.45) is 1.94. The summed E-state index contributed by atoms with van der Waals surface area (Å²) in [5, 5.41) is 10.6. The van der Waals surface area contributed by atoms with Crippen LogP contribution in [0.5, 0.6) is 0 Å². The number of thiophene rings is 1. The van der Waals surface area contributed by atoms with E-state index >= 15 is 0 Å². The van der Waals surface area contributed by atoms with Gasteiger partial charge >= 0.3 is 0 Å². The van der Waals surface area contributed by atoms with Crippen molar-refractivity contribution in [2.24, 2.45) is 5.92 Å². The minimum Gasteiger partial charge on any atom is -0.372 e. The largest absolute Gasteiger partial charge is 0.372 e. The number of rotatable bonds is 5. The standard InChI is InChI=1S/C23H26N4O2S2/c1-5-10-30-23-25-24-22-26(15-8-6-14(4)7-9-15)20(28)19-16-11-17(13(2)3)29-12-18(16)31-21(19)27(22)23/h6-9,13,17H,5,10-12H2,1-4H3/t17-/m1/s1. The highest BCUT2D eigenvalue weighted by molar-refractivity contribution is 7.99. The summed E-state index contributed by atoms with van der Waals surface area (Å²) in [7, 11) is 0. The molecule has 0 aliphatic carbocycles. The Morgan fingerprint density at radius 3 is 2.74 bits per heavy atom. The molecule has 1 aliphatic rings. The van der Waals surface area contributed by atoms with Gasteiger partial charge in [-0.3, -0.25) is 4.79 Å². The Hall–Kier alpha value is -2.16. The van der Waals surface area contributed by atoms with E-state index in [9.17, 15) is 4.79 Å². The van der Waals surface area contributed by atoms with Crippen molar-refractivity contribution in [1.29, 1.82) is 0 Å². The summed E-state index contributed by atoms with van der Waals surface area (Å²) in [6.45, 7) is 9.10. The van der Waals surface area contributed by atoms with Gasteiger partial charge in [0.1, 0.15) is 4.83 Å². The van der Waals surface area contributed by atoms with Gasteiger partial charge in [0.25, 0.3) is 5.56 Å². The number of aryl methyl sites for hydroxylation is 1. The second-order valence-electron chi connectivity index (χ2n) is 8.42. The highest BCUT2D eigenvalue weighted by atomic mass is 32.2. The Morgan fingerprint density at radius 1 is 1.26 bits per heavy atom. The molecule has 0 fully saturated rings. The van der Waals surface area contributed by atoms with Crippen molar-refractivity contribution < 1.29 is 4.74 Å². The van der Waals surface area contributed by atoms with Crippen molar-refractivity contribution in [1.82, 2.24) is 19.2 Å². The molecule has 0 spiro atoms. The Kier molecular flexibility index (Phi) is 5.40. The molecule has 3 aromatic heterocycles. The molecule has 1 atom stereocenters. The average molecular weight is 455 g/mol. The lowest BCUT2D eigenvalue weighted by Gasteiger charge is -2.26. The number of fused-ring (bicyclic) bond motifs is 5. The van der Waals surface area contributed by atoms with E-state index in [4.69, 9.17) is 4.74 Å². The lowest BCUT2D eigenvalue weighted by Crippen LogP contribution is -2.28. The van der Waals surface area contributed by atoms with Crippen LogP contribution in [0, 0.1) is 12.8 Å². The summed E-state index contributed by atoms with van der Waals surface area (Å²) >= 11 is 3.33. The lowest BCUT2D eigenvalue weighted by molar-refractivity contribution is 0.00200. The molecule has 31 heavy (non-hydrogen) atoms. The molecule has 5 rings (SSSR count). The maximum Gasteiger partial charge on any atom is 0.268 e. The first kappa shape index (κ1) is 20.7. The molecule has 0 saturated heterocycles. The molecule has 0 saturated carbocycles. The summed E-state index contributed by atoms with van der Waals surface area (Å²) in [5.41, 5.74) is 3.08. The van der Waals surface area contributed by atoms with Crippen LogP contribution in [0.25, 0.3) is 21.7 Å². The van der Waals surface area contributed by atoms with Crippen LogP contribution in [0.3, 0.4) is 0 Å². The number of ether oxygens (including phenoxy) is 1. The Labute approximate surface area is 189 Å². The number of nitrogens with zero attached hydrogens (tertiary/aromatic N) is 4. The van der Waals surface area contributed by atoms with Gasteiger partial charge in [0.2, 0.25) is 5.78 Å². The van der Waals surface area contributed by atoms with Gasteiger partial charge in [0, 0.05) is 17.1 Å². The molecule has 0 unspecified atom stereocenters. The quantitative estimate of drug-likeness (QED) is 0.397. The van der Waals surface area contributed by atoms with Crippen molar-refractivity contribution >= 4 is 39.1 Å². The first-order chi connectivity index (χ1) is 15.0. The number of hydrogen-bond acceptors (Lipinski definition) is 6. The fraction of sp³-hybridized carbons (Fsp3) is 0.435. The van der Waals surface area contributed by atoms with Gasteiger partial charge in [-0.05, 0) is 37.0 Å². The monoisotopic (exact) mass is 454 g/mol. The topological polar surface area (TPSA) is 61.4 Å². The number of thioether (sulfide) groups is 1. The van der Waals surface area contributed by atoms with Crippen molar-refractivity contribution in [3.05, 3.63) is 50.6 Å². The first-order valence-electron chi connectivity index (χ1n) is 10.8. The van der Waals surface area contributed by atoms with Crippen molar-refractivity contribution in [2.45, 2.75) is 58.4 Å². The first-order valence-corrected chi connectivity index (χ1v) is 12.6. The zero-order valence-corrected chi connectivity index (χ0v) is 19.8. The maximum atomic E-state index is 13.9. The third-order valence-electron chi connectivity index (χ3n) is 5.81. The van der Waals surface area contributed by atoms with E-state index < -0.39 is 0 Å². The SMILES string of the molecule is CCCSc1nnc2n(-c3ccc(C)cc3)c(=O)c3c4c(sc3n12)CO[C@@H](C(C)C)C4. The van der Waals surface area contributed by atoms with Crippen LogP contribution < -0.4 is 5.56 Å². The van der Waals surface area contributed by atoms with Gasteiger partial charge in [-0.15, -0.1) is 21.5 Å². The second-order valence-corrected chi connectivity index (χ2v) is 10.6. The highest BCUT2D eigenvalue weighted by Gasteiger charge is 2.30. The van der Waals surface area contributed by atoms with Gasteiger partial charge < -0.3 is 4.74 Å². The summed E-state index contributed by atoms with van der Waals surface area (Å²) in [6, 6.07) is 8.01. The van der Waals surface area contributed by atoms with Crippen molar-refractivity contribution in [2.75, 3.05) is 5.75 Å². The molecule has 6 nitrogen and oxygen atoms in total. The molecule has 1 aliphatic heterocycles. The minimum atomic E-state index is -0.0206. The fourth-order valence-corrected chi connectivity index (χ4v) is 6.17. The summed E-state index contributed by atoms with van der Waals surface area (Å²) in [4.78, 5) is 16.0. The molecule has 0 bridgehead atoms. The zero-order chi connectivity index (χ0) is 21.7. The highest BCUT2D eigenvalue weighted by Crippen LogP contribution is 2.37. The van der Waals surface area contributed by atoms with Gasteiger partial charge in [-0.2, -0.15) is 0 Å². The van der Waals surface area contributed by atoms with E-state index in [0.29, 0.717) is 18.3 Å². The molecule has 0 radical (unpaired) electrons. The molecule has 1 aromatic carbocycles. The van der Waals surface area contributed by atoms with E-state index in [1.54, 1.807) is 27.7 Å². The molecular weight excluding hydrogens is 428 g/mol. The van der Waals surface area contributed by atoms with E-state index in [1.165, 1.54) is 0 Å². The van der Waals surface area contributed by atoms with Crippen LogP contribution in [0.1, 0.15) is 43.2 Å². The number of aromatic nitrogens is 4. The van der Waals surface area contributed by atoms with Crippen LogP contribution in [0.15, 0.2) is 34.2 Å². The van der Waals surface area contributed by atoms with Crippen LogP contribution in [-0.2, 0) is 17.8 Å². The molecule has 0 amide bonds. The van der Waals surface area contributed by atoms with Gasteiger partial charge in [0.15, 0.2) is 5.16 Å². The summed E-state index contributed by atoms with van der Waals surface area (Å²) in [5.74, 6) is 1.92. The lowest BCUT2D eigenvalue weighted by atomic mass is 9.96. The molecular formula is C23H26N4O2S2. The fourth-order valence-electron chi connectivity index (χ4n) is 4.08. The summed E-state index contributed by atoms with van der Waals surface area (Å²) < 4.78 is 9.90. The third-order valence-corrected chi connectivity index (χ3v) is 8.14. The van der Waals surface area contributed by atoms with Crippen molar-refractivity contribution in [3.8, 4) is 5.69 Å². The van der Waals surface area contributed by atoms with Gasteiger partial charge in [0.05, 0.1) is 23.8 Å². The number of benzene rings is 1. The second kappa shape index (κ2) is 8.07. The van der Waals surface area contributed by atoms with E-state index in [1.807, 2.05) is 31.2 Å². The number of hydrogen-bond donors (Lipinski definition) is 0. The minimum absolute atomic E-state index is 0.0206.